The predicted molar refractivity (Wildman–Crippen MR) is 79.5 cm³/mol. The number of ether oxygens (including phenoxy) is 2. The molecular formula is C14H16F5NO3S. The Hall–Kier alpha value is -1.55. The van der Waals surface area contributed by atoms with Gasteiger partial charge in [-0.3, -0.25) is 4.74 Å². The Morgan fingerprint density at radius 3 is 2.38 bits per heavy atom. The fraction of sp³-hybridized carbons (Fsp3) is 0.500. The van der Waals surface area contributed by atoms with Crippen molar-refractivity contribution in [2.75, 3.05) is 6.61 Å². The summed E-state index contributed by atoms with van der Waals surface area (Å²) in [6, 6.07) is 4.91. The molecule has 0 fully saturated rings. The van der Waals surface area contributed by atoms with Gasteiger partial charge in [0.25, 0.3) is 0 Å². The number of halogens is 5. The Kier molecular flexibility index (Phi) is 6.85. The highest BCUT2D eigenvalue weighted by molar-refractivity contribution is 7.85. The molecule has 0 aliphatic carbocycles. The minimum Gasteiger partial charge on any atom is -0.435 e. The van der Waals surface area contributed by atoms with Gasteiger partial charge in [-0.05, 0) is 32.9 Å². The first-order valence-corrected chi connectivity index (χ1v) is 7.74. The molecule has 1 atom stereocenters. The van der Waals surface area contributed by atoms with Gasteiger partial charge < -0.3 is 4.74 Å². The van der Waals surface area contributed by atoms with E-state index < -0.39 is 35.3 Å². The van der Waals surface area contributed by atoms with E-state index in [-0.39, 0.29) is 17.0 Å². The van der Waals surface area contributed by atoms with Crippen molar-refractivity contribution in [1.29, 1.82) is 0 Å². The monoisotopic (exact) mass is 373 g/mol. The van der Waals surface area contributed by atoms with Crippen LogP contribution < -0.4 is 4.74 Å². The number of hydrogen-bond acceptors (Lipinski definition) is 3. The fourth-order valence-electron chi connectivity index (χ4n) is 1.40. The number of nitrogens with zero attached hydrogens (tertiary/aromatic N) is 1. The molecule has 0 spiro atoms. The van der Waals surface area contributed by atoms with Crippen molar-refractivity contribution < 1.29 is 35.6 Å². The largest absolute Gasteiger partial charge is 0.522 e. The molecule has 1 aromatic carbocycles. The summed E-state index contributed by atoms with van der Waals surface area (Å²) < 4.78 is 84.3. The summed E-state index contributed by atoms with van der Waals surface area (Å²) in [5.74, 6) is -0.260. The zero-order valence-corrected chi connectivity index (χ0v) is 13.9. The van der Waals surface area contributed by atoms with Crippen LogP contribution in [0.1, 0.15) is 26.3 Å². The van der Waals surface area contributed by atoms with Crippen molar-refractivity contribution in [1.82, 2.24) is 0 Å². The maximum atomic E-state index is 12.3. The molecule has 10 heteroatoms. The summed E-state index contributed by atoms with van der Waals surface area (Å²) in [5, 5.41) is 0. The van der Waals surface area contributed by atoms with Gasteiger partial charge in [-0.15, -0.1) is 13.2 Å². The van der Waals surface area contributed by atoms with Crippen molar-refractivity contribution in [3.05, 3.63) is 29.8 Å². The van der Waals surface area contributed by atoms with Crippen molar-refractivity contribution in [2.45, 2.75) is 38.5 Å². The van der Waals surface area contributed by atoms with Crippen LogP contribution in [0.2, 0.25) is 0 Å². The molecule has 0 unspecified atom stereocenters. The van der Waals surface area contributed by atoms with Crippen LogP contribution in [0.15, 0.2) is 28.7 Å². The van der Waals surface area contributed by atoms with Gasteiger partial charge in [0.05, 0.1) is 17.1 Å². The summed E-state index contributed by atoms with van der Waals surface area (Å²) >= 11 is 0. The molecule has 0 N–H and O–H groups in total. The summed E-state index contributed by atoms with van der Waals surface area (Å²) in [7, 11) is -1.86. The summed E-state index contributed by atoms with van der Waals surface area (Å²) in [6.07, 6.45) is -4.92. The van der Waals surface area contributed by atoms with Crippen LogP contribution in [0.4, 0.5) is 22.0 Å². The van der Waals surface area contributed by atoms with E-state index >= 15 is 0 Å². The second-order valence-electron chi connectivity index (χ2n) is 5.54. The Morgan fingerprint density at radius 2 is 1.88 bits per heavy atom. The molecule has 1 aromatic rings. The van der Waals surface area contributed by atoms with Gasteiger partial charge >= 0.3 is 13.0 Å². The van der Waals surface area contributed by atoms with Crippen LogP contribution in [0.3, 0.4) is 0 Å². The van der Waals surface area contributed by atoms with Gasteiger partial charge in [0.15, 0.2) is 0 Å². The van der Waals surface area contributed by atoms with E-state index in [2.05, 4.69) is 13.9 Å². The van der Waals surface area contributed by atoms with E-state index in [0.29, 0.717) is 0 Å². The second kappa shape index (κ2) is 8.02. The fourth-order valence-corrected chi connectivity index (χ4v) is 2.03. The molecular weight excluding hydrogens is 357 g/mol. The Labute approximate surface area is 138 Å². The van der Waals surface area contributed by atoms with Crippen LogP contribution in [0, 0.1) is 0 Å². The average Bonchev–Trinajstić information content (AvgIpc) is 2.40. The minimum absolute atomic E-state index is 0.0370. The third-order valence-corrected chi connectivity index (χ3v) is 3.92. The molecule has 0 heterocycles. The van der Waals surface area contributed by atoms with E-state index in [1.807, 2.05) is 0 Å². The molecule has 0 aliphatic heterocycles. The number of benzene rings is 1. The number of rotatable bonds is 6. The van der Waals surface area contributed by atoms with Crippen molar-refractivity contribution >= 4 is 16.7 Å². The van der Waals surface area contributed by atoms with Gasteiger partial charge in [-0.1, -0.05) is 12.1 Å². The quantitative estimate of drug-likeness (QED) is 0.558. The average molecular weight is 373 g/mol. The first kappa shape index (κ1) is 20.5. The third kappa shape index (κ3) is 7.35. The Balaban J connectivity index is 3.17. The molecule has 1 rings (SSSR count). The zero-order chi connectivity index (χ0) is 18.5. The standard InChI is InChI=1S/C14H16F5NO3S/c1-13(2,3)24(21)20-11(8-22-14(17,18)19)9-5-4-6-10(7-9)23-12(15)16/h4-7,12H,8H2,1-3H3/t24-/m0/s1. The Bertz CT molecular complexity index is 611. The molecule has 0 aromatic heterocycles. The van der Waals surface area contributed by atoms with Gasteiger partial charge in [-0.2, -0.15) is 13.2 Å². The van der Waals surface area contributed by atoms with Crippen LogP contribution in [-0.2, 0) is 15.7 Å². The lowest BCUT2D eigenvalue weighted by atomic mass is 10.1. The lowest BCUT2D eigenvalue weighted by molar-refractivity contribution is -0.317. The smallest absolute Gasteiger partial charge is 0.435 e. The minimum atomic E-state index is -4.92. The molecule has 24 heavy (non-hydrogen) atoms. The second-order valence-corrected chi connectivity index (χ2v) is 7.45. The molecule has 136 valence electrons. The van der Waals surface area contributed by atoms with Gasteiger partial charge in [0.1, 0.15) is 16.7 Å². The molecule has 0 amide bonds. The van der Waals surface area contributed by atoms with E-state index in [4.69, 9.17) is 0 Å². The lowest BCUT2D eigenvalue weighted by Crippen LogP contribution is -2.24. The molecule has 0 aliphatic rings. The van der Waals surface area contributed by atoms with Crippen LogP contribution in [-0.4, -0.2) is 34.2 Å². The zero-order valence-electron chi connectivity index (χ0n) is 13.1. The van der Waals surface area contributed by atoms with Gasteiger partial charge in [0.2, 0.25) is 0 Å². The van der Waals surface area contributed by atoms with Crippen LogP contribution in [0.25, 0.3) is 0 Å². The molecule has 0 saturated carbocycles. The highest BCUT2D eigenvalue weighted by atomic mass is 32.2. The molecule has 0 bridgehead atoms. The van der Waals surface area contributed by atoms with E-state index in [9.17, 15) is 26.2 Å². The van der Waals surface area contributed by atoms with E-state index in [1.54, 1.807) is 20.8 Å². The van der Waals surface area contributed by atoms with Crippen LogP contribution in [0.5, 0.6) is 5.75 Å². The van der Waals surface area contributed by atoms with Crippen molar-refractivity contribution in [3.8, 4) is 5.75 Å². The predicted octanol–water partition coefficient (Wildman–Crippen LogP) is 4.08. The Morgan fingerprint density at radius 1 is 1.25 bits per heavy atom. The summed E-state index contributed by atoms with van der Waals surface area (Å²) in [6.45, 7) is 0.668. The first-order valence-electron chi connectivity index (χ1n) is 6.64. The van der Waals surface area contributed by atoms with Gasteiger partial charge in [0, 0.05) is 5.56 Å². The lowest BCUT2D eigenvalue weighted by Gasteiger charge is -2.16. The first-order chi connectivity index (χ1) is 10.9. The maximum absolute atomic E-state index is 12.3. The number of hydrogen-bond donors (Lipinski definition) is 0. The topological polar surface area (TPSA) is 47.9 Å². The summed E-state index contributed by atoms with van der Waals surface area (Å²) in [5.41, 5.74) is -0.254. The van der Waals surface area contributed by atoms with Crippen molar-refractivity contribution in [3.63, 3.8) is 0 Å². The van der Waals surface area contributed by atoms with Crippen LogP contribution >= 0.6 is 0 Å². The normalized spacial score (nSPS) is 14.8. The molecule has 0 radical (unpaired) electrons. The molecule has 0 saturated heterocycles. The maximum Gasteiger partial charge on any atom is 0.522 e. The van der Waals surface area contributed by atoms with Gasteiger partial charge in [-0.25, -0.2) is 4.21 Å². The highest BCUT2D eigenvalue weighted by Gasteiger charge is 2.30. The van der Waals surface area contributed by atoms with Crippen molar-refractivity contribution in [2.24, 2.45) is 4.40 Å². The van der Waals surface area contributed by atoms with E-state index in [0.717, 1.165) is 6.07 Å². The van der Waals surface area contributed by atoms with E-state index in [1.165, 1.54) is 18.2 Å². The molecule has 4 nitrogen and oxygen atoms in total. The summed E-state index contributed by atoms with van der Waals surface area (Å²) in [4.78, 5) is 0. The highest BCUT2D eigenvalue weighted by Crippen LogP contribution is 2.21. The SMILES string of the molecule is CC(C)(C)[S@](=O)N=C(COC(F)(F)F)c1cccc(OC(F)F)c1. The third-order valence-electron chi connectivity index (χ3n) is 2.48. The number of alkyl halides is 5.